The topological polar surface area (TPSA) is 84.7 Å². The highest BCUT2D eigenvalue weighted by atomic mass is 19.1. The molecule has 30 heavy (non-hydrogen) atoms. The summed E-state index contributed by atoms with van der Waals surface area (Å²) in [6, 6.07) is 3.36. The number of rotatable bonds is 0. The van der Waals surface area contributed by atoms with E-state index in [0.717, 1.165) is 37.7 Å². The molecule has 1 amide bonds. The molecule has 0 aromatic carbocycles. The largest absolute Gasteiger partial charge is 0.475 e. The van der Waals surface area contributed by atoms with E-state index >= 15 is 0 Å². The third-order valence-electron chi connectivity index (χ3n) is 6.80. The number of nitrogens with zero attached hydrogens (tertiary/aromatic N) is 5. The van der Waals surface area contributed by atoms with Gasteiger partial charge < -0.3 is 15.0 Å². The maximum absolute atomic E-state index is 14.2. The number of pyridine rings is 1. The van der Waals surface area contributed by atoms with Gasteiger partial charge in [-0.25, -0.2) is 18.9 Å². The van der Waals surface area contributed by atoms with E-state index in [1.807, 2.05) is 18.0 Å². The van der Waals surface area contributed by atoms with E-state index in [1.165, 1.54) is 12.3 Å². The van der Waals surface area contributed by atoms with Gasteiger partial charge in [-0.05, 0) is 44.2 Å². The third kappa shape index (κ3) is 2.44. The minimum atomic E-state index is -0.465. The number of halogens is 1. The number of nitrogens with one attached hydrogen (secondary N) is 1. The molecule has 2 spiro atoms. The maximum atomic E-state index is 14.2. The molecule has 4 heterocycles. The van der Waals surface area contributed by atoms with Crippen molar-refractivity contribution in [2.24, 2.45) is 0 Å². The molecule has 0 saturated heterocycles. The van der Waals surface area contributed by atoms with Crippen molar-refractivity contribution in [3.05, 3.63) is 47.7 Å². The van der Waals surface area contributed by atoms with Gasteiger partial charge in [-0.3, -0.25) is 4.79 Å². The molecule has 1 N–H and O–H groups in total. The van der Waals surface area contributed by atoms with E-state index in [-0.39, 0.29) is 5.91 Å². The number of hydrogen-bond acceptors (Lipinski definition) is 6. The zero-order chi connectivity index (χ0) is 20.5. The summed E-state index contributed by atoms with van der Waals surface area (Å²) in [5.74, 6) is 0.495. The number of aromatic nitrogens is 4. The van der Waals surface area contributed by atoms with E-state index in [4.69, 9.17) is 9.72 Å². The molecule has 6 rings (SSSR count). The predicted octanol–water partition coefficient (Wildman–Crippen LogP) is 2.43. The van der Waals surface area contributed by atoms with Crippen molar-refractivity contribution in [3.8, 4) is 5.88 Å². The number of carbonyl (C=O) groups is 1. The van der Waals surface area contributed by atoms with Crippen LogP contribution in [0.4, 0.5) is 10.2 Å². The summed E-state index contributed by atoms with van der Waals surface area (Å²) in [5.41, 5.74) is 0.754. The second-order valence-electron chi connectivity index (χ2n) is 8.59. The minimum Gasteiger partial charge on any atom is -0.475 e. The first-order valence-electron chi connectivity index (χ1n) is 10.2. The predicted molar refractivity (Wildman–Crippen MR) is 106 cm³/mol. The van der Waals surface area contributed by atoms with Gasteiger partial charge >= 0.3 is 0 Å². The lowest BCUT2D eigenvalue weighted by Crippen LogP contribution is -2.57. The lowest BCUT2D eigenvalue weighted by Gasteiger charge is -2.42. The van der Waals surface area contributed by atoms with E-state index in [1.54, 1.807) is 16.9 Å². The molecule has 2 fully saturated rings. The Hall–Kier alpha value is -3.23. The molecule has 0 atom stereocenters. The fraction of sp³-hybridized carbons (Fsp3) is 0.429. The molecular formula is C21H21FN6O2. The summed E-state index contributed by atoms with van der Waals surface area (Å²) in [6.07, 6.45) is 8.85. The normalized spacial score (nSPS) is 21.3. The second-order valence-corrected chi connectivity index (χ2v) is 8.59. The zero-order valence-corrected chi connectivity index (χ0v) is 16.6. The molecule has 0 radical (unpaired) electrons. The number of fused-ring (bicyclic) bond motifs is 3. The van der Waals surface area contributed by atoms with Crippen LogP contribution in [0.25, 0.3) is 5.65 Å². The van der Waals surface area contributed by atoms with Gasteiger partial charge in [0, 0.05) is 18.8 Å². The minimum absolute atomic E-state index is 0.215. The average molecular weight is 408 g/mol. The van der Waals surface area contributed by atoms with Crippen LogP contribution < -0.4 is 15.0 Å². The van der Waals surface area contributed by atoms with Crippen molar-refractivity contribution in [3.63, 3.8) is 0 Å². The summed E-state index contributed by atoms with van der Waals surface area (Å²) in [4.78, 5) is 24.1. The lowest BCUT2D eigenvalue weighted by atomic mass is 9.77. The Morgan fingerprint density at radius 2 is 2.07 bits per heavy atom. The number of hydrogen-bond donors (Lipinski definition) is 1. The Morgan fingerprint density at radius 3 is 2.80 bits per heavy atom. The second kappa shape index (κ2) is 5.90. The molecule has 3 aromatic rings. The van der Waals surface area contributed by atoms with E-state index in [2.05, 4.69) is 15.4 Å². The first-order chi connectivity index (χ1) is 14.5. The summed E-state index contributed by atoms with van der Waals surface area (Å²) < 4.78 is 21.9. The van der Waals surface area contributed by atoms with Crippen LogP contribution in [0.5, 0.6) is 5.88 Å². The van der Waals surface area contributed by atoms with E-state index in [9.17, 15) is 9.18 Å². The van der Waals surface area contributed by atoms with Crippen LogP contribution in [0.1, 0.15) is 48.0 Å². The smallest absolute Gasteiger partial charge is 0.257 e. The summed E-state index contributed by atoms with van der Waals surface area (Å²) in [5, 5.41) is 7.42. The van der Waals surface area contributed by atoms with Crippen molar-refractivity contribution in [2.45, 2.75) is 43.2 Å². The molecule has 3 aromatic heterocycles. The fourth-order valence-corrected chi connectivity index (χ4v) is 4.63. The molecule has 0 unspecified atom stereocenters. The first kappa shape index (κ1) is 17.6. The monoisotopic (exact) mass is 408 g/mol. The van der Waals surface area contributed by atoms with Crippen molar-refractivity contribution in [1.82, 2.24) is 24.9 Å². The van der Waals surface area contributed by atoms with Gasteiger partial charge in [0.05, 0.1) is 23.5 Å². The highest BCUT2D eigenvalue weighted by Crippen LogP contribution is 2.54. The molecule has 154 valence electrons. The third-order valence-corrected chi connectivity index (χ3v) is 6.80. The highest BCUT2D eigenvalue weighted by Gasteiger charge is 2.52. The highest BCUT2D eigenvalue weighted by molar-refractivity contribution is 6.00. The van der Waals surface area contributed by atoms with Gasteiger partial charge in [-0.2, -0.15) is 5.10 Å². The van der Waals surface area contributed by atoms with Crippen molar-refractivity contribution in [1.29, 1.82) is 0 Å². The van der Waals surface area contributed by atoms with Crippen molar-refractivity contribution in [2.75, 3.05) is 18.6 Å². The van der Waals surface area contributed by atoms with Gasteiger partial charge in [0.15, 0.2) is 5.65 Å². The molecular weight excluding hydrogens is 387 g/mol. The van der Waals surface area contributed by atoms with Crippen molar-refractivity contribution < 1.29 is 13.9 Å². The van der Waals surface area contributed by atoms with Crippen LogP contribution in [-0.4, -0.2) is 44.7 Å². The van der Waals surface area contributed by atoms with Crippen LogP contribution in [0.15, 0.2) is 30.7 Å². The van der Waals surface area contributed by atoms with Gasteiger partial charge in [0.1, 0.15) is 23.8 Å². The van der Waals surface area contributed by atoms with E-state index in [0.29, 0.717) is 29.5 Å². The summed E-state index contributed by atoms with van der Waals surface area (Å²) >= 11 is 0. The maximum Gasteiger partial charge on any atom is 0.257 e. The Labute approximate surface area is 172 Å². The van der Waals surface area contributed by atoms with Crippen LogP contribution in [0.3, 0.4) is 0 Å². The van der Waals surface area contributed by atoms with Gasteiger partial charge in [0.2, 0.25) is 5.88 Å². The quantitative estimate of drug-likeness (QED) is 0.615. The number of amides is 1. The Bertz CT molecular complexity index is 1180. The van der Waals surface area contributed by atoms with Gasteiger partial charge in [0.25, 0.3) is 5.91 Å². The van der Waals surface area contributed by atoms with Crippen molar-refractivity contribution >= 4 is 17.4 Å². The SMILES string of the molecule is CN1c2ccn3ncc(c3n2)C(=O)NC2(CCC2)COc2ncc(F)cc2C12CC2. The van der Waals surface area contributed by atoms with Crippen LogP contribution in [-0.2, 0) is 5.54 Å². The first-order valence-corrected chi connectivity index (χ1v) is 10.2. The zero-order valence-electron chi connectivity index (χ0n) is 16.6. The Morgan fingerprint density at radius 1 is 1.23 bits per heavy atom. The fourth-order valence-electron chi connectivity index (χ4n) is 4.63. The number of ether oxygens (including phenoxy) is 1. The summed E-state index contributed by atoms with van der Waals surface area (Å²) in [7, 11) is 1.93. The standard InChI is InChI=1S/C21H21FN6O2/c1-27-16-3-8-28-17(25-16)14(11-24-28)18(29)26-20(4-2-5-20)12-30-19-15(21(27)6-7-21)9-13(22)10-23-19/h3,8-11H,2,4-7,12H2,1H3,(H,26,29). The van der Waals surface area contributed by atoms with Gasteiger partial charge in [-0.1, -0.05) is 0 Å². The molecule has 3 aliphatic rings. The molecule has 2 aliphatic carbocycles. The molecule has 8 nitrogen and oxygen atoms in total. The van der Waals surface area contributed by atoms with E-state index < -0.39 is 16.9 Å². The molecule has 2 saturated carbocycles. The number of carbonyl (C=O) groups excluding carboxylic acids is 1. The molecule has 1 aliphatic heterocycles. The van der Waals surface area contributed by atoms with Gasteiger partial charge in [-0.15, -0.1) is 0 Å². The molecule has 9 heteroatoms. The average Bonchev–Trinajstić information content (AvgIpc) is 3.41. The lowest BCUT2D eigenvalue weighted by molar-refractivity contribution is 0.0681. The van der Waals surface area contributed by atoms with Crippen LogP contribution >= 0.6 is 0 Å². The van der Waals surface area contributed by atoms with Crippen LogP contribution in [0, 0.1) is 5.82 Å². The Balaban J connectivity index is 1.55. The number of anilines is 1. The molecule has 2 bridgehead atoms. The van der Waals surface area contributed by atoms with Crippen LogP contribution in [0.2, 0.25) is 0 Å². The summed E-state index contributed by atoms with van der Waals surface area (Å²) in [6.45, 7) is 0.291. The Kier molecular flexibility index (Phi) is 3.46.